The number of rotatable bonds is 14. The molecule has 0 bridgehead atoms. The van der Waals surface area contributed by atoms with Crippen LogP contribution < -0.4 is 4.72 Å². The maximum atomic E-state index is 13.6. The third kappa shape index (κ3) is 10.1. The molecule has 1 unspecified atom stereocenters. The molecule has 3 atom stereocenters. The highest BCUT2D eigenvalue weighted by Gasteiger charge is 2.44. The van der Waals surface area contributed by atoms with Crippen LogP contribution in [0.5, 0.6) is 0 Å². The van der Waals surface area contributed by atoms with Gasteiger partial charge in [0.1, 0.15) is 21.8 Å². The first-order valence-electron chi connectivity index (χ1n) is 11.7. The molecule has 0 aliphatic rings. The summed E-state index contributed by atoms with van der Waals surface area (Å²) in [5.41, 5.74) is 0.538. The van der Waals surface area contributed by atoms with Crippen molar-refractivity contribution >= 4 is 21.0 Å². The van der Waals surface area contributed by atoms with Gasteiger partial charge in [-0.15, -0.1) is 4.72 Å². The van der Waals surface area contributed by atoms with Gasteiger partial charge in [-0.05, 0) is 70.1 Å². The average molecular weight is 546 g/mol. The van der Waals surface area contributed by atoms with Crippen molar-refractivity contribution in [2.75, 3.05) is 13.2 Å². The number of thiol groups is 1. The Morgan fingerprint density at radius 2 is 1.60 bits per heavy atom. The molecule has 35 heavy (non-hydrogen) atoms. The molecule has 12 heteroatoms. The van der Waals surface area contributed by atoms with Gasteiger partial charge < -0.3 is 10.2 Å². The summed E-state index contributed by atoms with van der Waals surface area (Å²) in [6.45, 7) is 7.90. The highest BCUT2D eigenvalue weighted by molar-refractivity contribution is 7.89. The number of aliphatic hydroxyl groups excluding tert-OH is 2. The first-order valence-corrected chi connectivity index (χ1v) is 14.4. The number of alkyl halides is 3. The van der Waals surface area contributed by atoms with Crippen molar-refractivity contribution in [3.63, 3.8) is 0 Å². The van der Waals surface area contributed by atoms with E-state index in [9.17, 15) is 36.0 Å². The fourth-order valence-electron chi connectivity index (χ4n) is 3.31. The van der Waals surface area contributed by atoms with Crippen molar-refractivity contribution in [3.8, 4) is 0 Å². The highest BCUT2D eigenvalue weighted by atomic mass is 32.2. The molecule has 0 heterocycles. The summed E-state index contributed by atoms with van der Waals surface area (Å²) in [6, 6.07) is 2.78. The largest absolute Gasteiger partial charge is 0.408 e. The van der Waals surface area contributed by atoms with Gasteiger partial charge in [0.2, 0.25) is 10.0 Å². The van der Waals surface area contributed by atoms with E-state index in [1.807, 2.05) is 13.8 Å². The van der Waals surface area contributed by atoms with Crippen molar-refractivity contribution in [3.05, 3.63) is 29.8 Å². The number of nitrogens with zero attached hydrogens (tertiary/aromatic N) is 1. The van der Waals surface area contributed by atoms with E-state index in [4.69, 9.17) is 0 Å². The monoisotopic (exact) mass is 545 g/mol. The van der Waals surface area contributed by atoms with E-state index >= 15 is 0 Å². The Labute approximate surface area is 209 Å². The van der Waals surface area contributed by atoms with Gasteiger partial charge >= 0.3 is 6.18 Å². The second-order valence-electron chi connectivity index (χ2n) is 10.1. The predicted octanol–water partition coefficient (Wildman–Crippen LogP) is 3.68. The zero-order valence-electron chi connectivity index (χ0n) is 21.0. The second kappa shape index (κ2) is 13.5. The summed E-state index contributed by atoms with van der Waals surface area (Å²) in [4.78, 5) is -0.0195. The van der Waals surface area contributed by atoms with E-state index in [1.54, 1.807) is 20.8 Å². The number of aliphatic hydroxyl groups is 2. The van der Waals surface area contributed by atoms with Crippen LogP contribution in [-0.4, -0.2) is 59.1 Å². The molecule has 0 saturated heterocycles. The van der Waals surface area contributed by atoms with Crippen molar-refractivity contribution in [2.24, 2.45) is 5.92 Å². The minimum absolute atomic E-state index is 0.00309. The van der Waals surface area contributed by atoms with Crippen LogP contribution >= 0.6 is 0 Å². The van der Waals surface area contributed by atoms with Crippen molar-refractivity contribution < 1.29 is 36.0 Å². The summed E-state index contributed by atoms with van der Waals surface area (Å²) in [7, 11) is -6.38. The van der Waals surface area contributed by atoms with Gasteiger partial charge in [0.25, 0.3) is 0 Å². The lowest BCUT2D eigenvalue weighted by Gasteiger charge is -2.31. The predicted molar refractivity (Wildman–Crippen MR) is 133 cm³/mol. The normalized spacial score (nSPS) is 16.0. The van der Waals surface area contributed by atoms with Gasteiger partial charge in [0, 0.05) is 12.6 Å². The molecule has 0 amide bonds. The number of sulfonamides is 1. The van der Waals surface area contributed by atoms with E-state index in [-0.39, 0.29) is 36.8 Å². The van der Waals surface area contributed by atoms with Crippen LogP contribution in [0.4, 0.5) is 13.2 Å². The van der Waals surface area contributed by atoms with Gasteiger partial charge in [-0.2, -0.15) is 17.5 Å². The summed E-state index contributed by atoms with van der Waals surface area (Å²) in [5, 5.41) is 19.2. The van der Waals surface area contributed by atoms with Crippen LogP contribution in [0, 0.1) is 5.92 Å². The third-order valence-corrected chi connectivity index (χ3v) is 9.30. The quantitative estimate of drug-likeness (QED) is 0.244. The molecule has 0 fully saturated rings. The Morgan fingerprint density at radius 1 is 1.03 bits per heavy atom. The lowest BCUT2D eigenvalue weighted by atomic mass is 10.1. The molecule has 3 N–H and O–H groups in total. The lowest BCUT2D eigenvalue weighted by Crippen LogP contribution is -2.47. The molecule has 7 nitrogen and oxygen atoms in total. The fourth-order valence-corrected chi connectivity index (χ4v) is 5.91. The Bertz CT molecular complexity index is 901. The molecule has 0 saturated carbocycles. The van der Waals surface area contributed by atoms with E-state index in [0.717, 1.165) is 4.31 Å². The minimum Gasteiger partial charge on any atom is -0.395 e. The molecule has 1 aromatic carbocycles. The average Bonchev–Trinajstić information content (AvgIpc) is 2.75. The van der Waals surface area contributed by atoms with Crippen LogP contribution in [-0.2, 0) is 31.8 Å². The van der Waals surface area contributed by atoms with E-state index in [2.05, 4.69) is 4.72 Å². The molecule has 0 aliphatic heterocycles. The number of nitrogens with one attached hydrogen (secondary N) is 1. The van der Waals surface area contributed by atoms with E-state index in [0.29, 0.717) is 12.0 Å². The summed E-state index contributed by atoms with van der Waals surface area (Å²) >= 11 is 0. The van der Waals surface area contributed by atoms with Crippen molar-refractivity contribution in [1.82, 2.24) is 9.03 Å². The van der Waals surface area contributed by atoms with Crippen molar-refractivity contribution in [2.45, 2.75) is 94.8 Å². The van der Waals surface area contributed by atoms with E-state index < -0.39 is 57.0 Å². The highest BCUT2D eigenvalue weighted by Crippen LogP contribution is 2.28. The first-order chi connectivity index (χ1) is 16.0. The van der Waals surface area contributed by atoms with Gasteiger partial charge in [0.15, 0.2) is 0 Å². The van der Waals surface area contributed by atoms with E-state index in [1.165, 1.54) is 24.3 Å². The van der Waals surface area contributed by atoms with Crippen LogP contribution in [0.1, 0.15) is 65.9 Å². The lowest BCUT2D eigenvalue weighted by molar-refractivity contribution is -0.152. The molecule has 0 aromatic heterocycles. The number of hydrogen-bond donors (Lipinski definition) is 3. The maximum absolute atomic E-state index is 13.6. The number of hydrogen-bond acceptors (Lipinski definition) is 5. The molecule has 0 aliphatic carbocycles. The smallest absolute Gasteiger partial charge is 0.395 e. The van der Waals surface area contributed by atoms with Crippen LogP contribution in [0.25, 0.3) is 0 Å². The standard InChI is InChI=1S/C23H39F3N2O5S2/c1-17(2)13-14-28(35(32,33)20-11-9-18(15-29)10-12-20)19(16-30)7-6-8-21(23(24,25)26)27-34(31)22(3,4)5/h9-12,17,19,21,29-30H,6-8,13-16H2,1-5H3,(H,27,31)/p+1/t19-,21+,34?/m0/s1. The third-order valence-electron chi connectivity index (χ3n) is 5.56. The van der Waals surface area contributed by atoms with Crippen LogP contribution in [0.2, 0.25) is 0 Å². The Kier molecular flexibility index (Phi) is 12.3. The first kappa shape index (κ1) is 32.0. The number of benzene rings is 1. The van der Waals surface area contributed by atoms with Crippen molar-refractivity contribution in [1.29, 1.82) is 0 Å². The summed E-state index contributed by atoms with van der Waals surface area (Å²) in [5.74, 6) is 0.163. The summed E-state index contributed by atoms with van der Waals surface area (Å²) in [6.07, 6.45) is -4.55. The maximum Gasteiger partial charge on any atom is 0.408 e. The minimum atomic E-state index is -4.62. The molecule has 0 spiro atoms. The van der Waals surface area contributed by atoms with Gasteiger partial charge in [-0.25, -0.2) is 8.42 Å². The Morgan fingerprint density at radius 3 is 2.03 bits per heavy atom. The van der Waals surface area contributed by atoms with Gasteiger partial charge in [0.05, 0.1) is 18.1 Å². The second-order valence-corrected chi connectivity index (χ2v) is 14.1. The van der Waals surface area contributed by atoms with Gasteiger partial charge in [-0.1, -0.05) is 30.2 Å². The zero-order chi connectivity index (χ0) is 27.0. The SMILES string of the molecule is CC(C)CCN([C@H](CO)CCC[C@@H](N[SH+](=O)C(C)(C)C)C(F)(F)F)S(=O)(=O)c1ccc(CO)cc1. The molecular weight excluding hydrogens is 505 g/mol. The zero-order valence-corrected chi connectivity index (χ0v) is 22.8. The molecule has 0 radical (unpaired) electrons. The van der Waals surface area contributed by atoms with Crippen LogP contribution in [0.3, 0.4) is 0 Å². The molecule has 1 rings (SSSR count). The Hall–Kier alpha value is -1.05. The topological polar surface area (TPSA) is 107 Å². The van der Waals surface area contributed by atoms with Gasteiger partial charge in [-0.3, -0.25) is 0 Å². The molecule has 1 aromatic rings. The summed E-state index contributed by atoms with van der Waals surface area (Å²) < 4.78 is 82.2. The fraction of sp³-hybridized carbons (Fsp3) is 0.739. The van der Waals surface area contributed by atoms with Crippen LogP contribution in [0.15, 0.2) is 29.2 Å². The molecule has 204 valence electrons. The number of halogens is 3. The Balaban J connectivity index is 3.08. The molecular formula is C23H40F3N2O5S2+.